The van der Waals surface area contributed by atoms with Crippen LogP contribution in [0.5, 0.6) is 0 Å². The molecular formula is C15H16ClNOS2. The molecule has 0 spiro atoms. The first-order valence-corrected chi connectivity index (χ1v) is 8.65. The molecule has 1 amide bonds. The molecular weight excluding hydrogens is 310 g/mol. The van der Waals surface area contributed by atoms with Crippen LogP contribution in [0.25, 0.3) is 0 Å². The van der Waals surface area contributed by atoms with E-state index in [9.17, 15) is 4.79 Å². The Kier molecular flexibility index (Phi) is 5.95. The maximum atomic E-state index is 12.0. The zero-order chi connectivity index (χ0) is 14.4. The van der Waals surface area contributed by atoms with Crippen LogP contribution < -0.4 is 0 Å². The highest BCUT2D eigenvalue weighted by Gasteiger charge is 2.09. The van der Waals surface area contributed by atoms with Crippen molar-refractivity contribution in [1.29, 1.82) is 0 Å². The van der Waals surface area contributed by atoms with E-state index in [1.165, 1.54) is 4.88 Å². The van der Waals surface area contributed by atoms with E-state index in [2.05, 4.69) is 0 Å². The monoisotopic (exact) mass is 325 g/mol. The van der Waals surface area contributed by atoms with Gasteiger partial charge in [-0.15, -0.1) is 23.1 Å². The molecule has 1 aromatic heterocycles. The summed E-state index contributed by atoms with van der Waals surface area (Å²) < 4.78 is 0. The second kappa shape index (κ2) is 7.72. The van der Waals surface area contributed by atoms with Crippen LogP contribution >= 0.6 is 34.7 Å². The first-order chi connectivity index (χ1) is 9.65. The lowest BCUT2D eigenvalue weighted by molar-refractivity contribution is -0.127. The molecule has 0 unspecified atom stereocenters. The number of thioether (sulfide) groups is 1. The third kappa shape index (κ3) is 4.85. The number of rotatable bonds is 6. The zero-order valence-electron chi connectivity index (χ0n) is 11.2. The average Bonchev–Trinajstić information content (AvgIpc) is 2.91. The third-order valence-corrected chi connectivity index (χ3v) is 4.87. The Morgan fingerprint density at radius 2 is 2.20 bits per heavy atom. The number of thiophene rings is 1. The third-order valence-electron chi connectivity index (χ3n) is 2.78. The summed E-state index contributed by atoms with van der Waals surface area (Å²) in [6, 6.07) is 11.8. The van der Waals surface area contributed by atoms with Gasteiger partial charge in [-0.2, -0.15) is 0 Å². The van der Waals surface area contributed by atoms with E-state index in [-0.39, 0.29) is 5.91 Å². The molecule has 5 heteroatoms. The van der Waals surface area contributed by atoms with Crippen LogP contribution in [0, 0.1) is 0 Å². The van der Waals surface area contributed by atoms with Crippen molar-refractivity contribution < 1.29 is 4.79 Å². The summed E-state index contributed by atoms with van der Waals surface area (Å²) in [6.07, 6.45) is 0. The minimum absolute atomic E-state index is 0.158. The molecule has 2 nitrogen and oxygen atoms in total. The predicted octanol–water partition coefficient (Wildman–Crippen LogP) is 4.29. The van der Waals surface area contributed by atoms with Crippen LogP contribution in [0.4, 0.5) is 0 Å². The fourth-order valence-electron chi connectivity index (χ4n) is 1.72. The summed E-state index contributed by atoms with van der Waals surface area (Å²) >= 11 is 9.23. The van der Waals surface area contributed by atoms with Gasteiger partial charge in [-0.1, -0.05) is 29.8 Å². The van der Waals surface area contributed by atoms with E-state index < -0.39 is 0 Å². The summed E-state index contributed by atoms with van der Waals surface area (Å²) in [5, 5.41) is 2.77. The number of hydrogen-bond donors (Lipinski definition) is 0. The Hall–Kier alpha value is -0.970. The number of benzene rings is 1. The molecule has 0 N–H and O–H groups in total. The van der Waals surface area contributed by atoms with Crippen molar-refractivity contribution in [3.05, 3.63) is 57.2 Å². The molecule has 20 heavy (non-hydrogen) atoms. The minimum Gasteiger partial charge on any atom is -0.340 e. The largest absolute Gasteiger partial charge is 0.340 e. The summed E-state index contributed by atoms with van der Waals surface area (Å²) in [4.78, 5) is 15.0. The van der Waals surface area contributed by atoms with Gasteiger partial charge in [0.05, 0.1) is 12.3 Å². The molecule has 0 saturated carbocycles. The molecule has 106 valence electrons. The van der Waals surface area contributed by atoms with Gasteiger partial charge in [-0.25, -0.2) is 0 Å². The summed E-state index contributed by atoms with van der Waals surface area (Å²) in [5.74, 6) is 1.46. The summed E-state index contributed by atoms with van der Waals surface area (Å²) in [6.45, 7) is 0.689. The van der Waals surface area contributed by atoms with E-state index >= 15 is 0 Å². The molecule has 2 rings (SSSR count). The Morgan fingerprint density at radius 1 is 1.35 bits per heavy atom. The van der Waals surface area contributed by atoms with Crippen molar-refractivity contribution in [2.45, 2.75) is 12.3 Å². The van der Waals surface area contributed by atoms with Crippen LogP contribution in [0.2, 0.25) is 5.02 Å². The number of carbonyl (C=O) groups is 1. The van der Waals surface area contributed by atoms with Gasteiger partial charge in [0.1, 0.15) is 0 Å². The number of carbonyl (C=O) groups excluding carboxylic acids is 1. The van der Waals surface area contributed by atoms with Crippen molar-refractivity contribution in [2.75, 3.05) is 12.8 Å². The molecule has 1 aromatic carbocycles. The summed E-state index contributed by atoms with van der Waals surface area (Å²) in [7, 11) is 1.85. The molecule has 1 heterocycles. The molecule has 0 saturated heterocycles. The van der Waals surface area contributed by atoms with E-state index in [0.717, 1.165) is 16.3 Å². The van der Waals surface area contributed by atoms with Crippen molar-refractivity contribution in [1.82, 2.24) is 4.90 Å². The van der Waals surface area contributed by atoms with E-state index in [4.69, 9.17) is 11.6 Å². The van der Waals surface area contributed by atoms with Gasteiger partial charge in [-0.05, 0) is 29.1 Å². The quantitative estimate of drug-likeness (QED) is 0.789. The van der Waals surface area contributed by atoms with E-state index in [1.807, 2.05) is 48.8 Å². The smallest absolute Gasteiger partial charge is 0.232 e. The molecule has 0 aliphatic heterocycles. The van der Waals surface area contributed by atoms with Crippen molar-refractivity contribution in [3.63, 3.8) is 0 Å². The Morgan fingerprint density at radius 3 is 2.90 bits per heavy atom. The fourth-order valence-corrected chi connectivity index (χ4v) is 3.60. The van der Waals surface area contributed by atoms with Gasteiger partial charge in [0.15, 0.2) is 0 Å². The Labute approximate surface area is 132 Å². The summed E-state index contributed by atoms with van der Waals surface area (Å²) in [5.41, 5.74) is 1.15. The average molecular weight is 326 g/mol. The molecule has 0 fully saturated rings. The zero-order valence-corrected chi connectivity index (χ0v) is 13.6. The maximum absolute atomic E-state index is 12.0. The number of amides is 1. The van der Waals surface area contributed by atoms with Crippen molar-refractivity contribution >= 4 is 40.6 Å². The normalized spacial score (nSPS) is 10.5. The maximum Gasteiger partial charge on any atom is 0.232 e. The fraction of sp³-hybridized carbons (Fsp3) is 0.267. The highest BCUT2D eigenvalue weighted by molar-refractivity contribution is 7.99. The lowest BCUT2D eigenvalue weighted by Gasteiger charge is -2.15. The van der Waals surface area contributed by atoms with Gasteiger partial charge in [0.2, 0.25) is 5.91 Å². The van der Waals surface area contributed by atoms with Gasteiger partial charge in [0, 0.05) is 22.7 Å². The van der Waals surface area contributed by atoms with Gasteiger partial charge in [0.25, 0.3) is 0 Å². The van der Waals surface area contributed by atoms with Gasteiger partial charge >= 0.3 is 0 Å². The van der Waals surface area contributed by atoms with Crippen molar-refractivity contribution in [2.24, 2.45) is 0 Å². The SMILES string of the molecule is CN(Cc1cccs1)C(=O)CSCc1cccc(Cl)c1. The number of hydrogen-bond acceptors (Lipinski definition) is 3. The first kappa shape index (κ1) is 15.4. The van der Waals surface area contributed by atoms with Crippen LogP contribution in [-0.2, 0) is 17.1 Å². The number of nitrogens with zero attached hydrogens (tertiary/aromatic N) is 1. The molecule has 0 bridgehead atoms. The number of halogens is 1. The van der Waals surface area contributed by atoms with Crippen LogP contribution in [-0.4, -0.2) is 23.6 Å². The Balaban J connectivity index is 1.74. The first-order valence-electron chi connectivity index (χ1n) is 6.23. The molecule has 0 aliphatic rings. The second-order valence-corrected chi connectivity index (χ2v) is 6.91. The lowest BCUT2D eigenvalue weighted by Crippen LogP contribution is -2.27. The second-order valence-electron chi connectivity index (χ2n) is 4.45. The molecule has 0 atom stereocenters. The molecule has 0 aliphatic carbocycles. The standard InChI is InChI=1S/C15H16ClNOS2/c1-17(9-14-6-3-7-20-14)15(18)11-19-10-12-4-2-5-13(16)8-12/h2-8H,9-11H2,1H3. The van der Waals surface area contributed by atoms with Gasteiger partial charge in [-0.3, -0.25) is 4.79 Å². The molecule has 0 radical (unpaired) electrons. The highest BCUT2D eigenvalue weighted by Crippen LogP contribution is 2.17. The van der Waals surface area contributed by atoms with E-state index in [1.54, 1.807) is 28.0 Å². The Bertz CT molecular complexity index is 557. The lowest BCUT2D eigenvalue weighted by atomic mass is 10.2. The van der Waals surface area contributed by atoms with Gasteiger partial charge < -0.3 is 4.90 Å². The topological polar surface area (TPSA) is 20.3 Å². The van der Waals surface area contributed by atoms with Crippen LogP contribution in [0.15, 0.2) is 41.8 Å². The van der Waals surface area contributed by atoms with E-state index in [0.29, 0.717) is 12.3 Å². The van der Waals surface area contributed by atoms with Crippen LogP contribution in [0.3, 0.4) is 0 Å². The minimum atomic E-state index is 0.158. The predicted molar refractivity (Wildman–Crippen MR) is 88.4 cm³/mol. The molecule has 2 aromatic rings. The van der Waals surface area contributed by atoms with Crippen molar-refractivity contribution in [3.8, 4) is 0 Å². The van der Waals surface area contributed by atoms with Crippen LogP contribution in [0.1, 0.15) is 10.4 Å². The highest BCUT2D eigenvalue weighted by atomic mass is 35.5.